The molecule has 2 N–H and O–H groups in total. The van der Waals surface area contributed by atoms with Gasteiger partial charge in [-0.3, -0.25) is 9.59 Å². The number of H-pyrrole nitrogens is 1. The molecule has 0 aliphatic heterocycles. The molecule has 5 heteroatoms. The molecule has 0 bridgehead atoms. The molecule has 1 aromatic carbocycles. The van der Waals surface area contributed by atoms with E-state index in [9.17, 15) is 9.59 Å². The van der Waals surface area contributed by atoms with Crippen molar-refractivity contribution in [3.8, 4) is 0 Å². The fourth-order valence-corrected chi connectivity index (χ4v) is 1.72. The maximum atomic E-state index is 12.0. The summed E-state index contributed by atoms with van der Waals surface area (Å²) in [5.41, 5.74) is 1.82. The standard InChI is InChI=1S/C14H15N3O2/c1-17(2)12-6-4-3-5-11(12)16-14(19)10-7-8-13(18)15-9-10/h3-9H,1-2H3,(H,15,18)(H,16,19). The molecule has 1 amide bonds. The zero-order valence-electron chi connectivity index (χ0n) is 10.8. The van der Waals surface area contributed by atoms with Gasteiger partial charge in [-0.05, 0) is 18.2 Å². The molecule has 0 saturated heterocycles. The number of pyridine rings is 1. The van der Waals surface area contributed by atoms with Gasteiger partial charge < -0.3 is 15.2 Å². The summed E-state index contributed by atoms with van der Waals surface area (Å²) in [6.45, 7) is 0. The molecule has 0 aliphatic rings. The summed E-state index contributed by atoms with van der Waals surface area (Å²) in [6, 6.07) is 10.3. The second-order valence-corrected chi connectivity index (χ2v) is 4.31. The van der Waals surface area contributed by atoms with Crippen molar-refractivity contribution in [3.63, 3.8) is 0 Å². The summed E-state index contributed by atoms with van der Waals surface area (Å²) in [5.74, 6) is -0.259. The minimum absolute atomic E-state index is 0.231. The minimum Gasteiger partial charge on any atom is -0.376 e. The topological polar surface area (TPSA) is 65.2 Å². The summed E-state index contributed by atoms with van der Waals surface area (Å²) in [7, 11) is 3.82. The molecule has 19 heavy (non-hydrogen) atoms. The lowest BCUT2D eigenvalue weighted by Crippen LogP contribution is -2.17. The van der Waals surface area contributed by atoms with Crippen LogP contribution in [0.5, 0.6) is 0 Å². The van der Waals surface area contributed by atoms with Gasteiger partial charge in [0.05, 0.1) is 16.9 Å². The van der Waals surface area contributed by atoms with Gasteiger partial charge in [0.2, 0.25) is 5.56 Å². The van der Waals surface area contributed by atoms with Crippen LogP contribution in [0.3, 0.4) is 0 Å². The van der Waals surface area contributed by atoms with Crippen LogP contribution < -0.4 is 15.8 Å². The predicted octanol–water partition coefficient (Wildman–Crippen LogP) is 1.69. The number of carbonyl (C=O) groups excluding carboxylic acids is 1. The number of para-hydroxylation sites is 2. The zero-order chi connectivity index (χ0) is 13.8. The van der Waals surface area contributed by atoms with Crippen LogP contribution in [-0.4, -0.2) is 25.0 Å². The smallest absolute Gasteiger partial charge is 0.257 e. The van der Waals surface area contributed by atoms with E-state index in [1.54, 1.807) is 0 Å². The van der Waals surface area contributed by atoms with E-state index in [4.69, 9.17) is 0 Å². The Balaban J connectivity index is 2.24. The Hall–Kier alpha value is -2.56. The molecule has 0 atom stereocenters. The Morgan fingerprint density at radius 3 is 2.53 bits per heavy atom. The molecule has 0 fully saturated rings. The van der Waals surface area contributed by atoms with E-state index < -0.39 is 0 Å². The first-order chi connectivity index (χ1) is 9.08. The highest BCUT2D eigenvalue weighted by Crippen LogP contribution is 2.23. The van der Waals surface area contributed by atoms with Crippen LogP contribution >= 0.6 is 0 Å². The maximum Gasteiger partial charge on any atom is 0.257 e. The highest BCUT2D eigenvalue weighted by Gasteiger charge is 2.09. The van der Waals surface area contributed by atoms with Gasteiger partial charge in [0.15, 0.2) is 0 Å². The van der Waals surface area contributed by atoms with Gasteiger partial charge in [0.1, 0.15) is 0 Å². The lowest BCUT2D eigenvalue weighted by atomic mass is 10.2. The van der Waals surface area contributed by atoms with Crippen molar-refractivity contribution < 1.29 is 4.79 Å². The second-order valence-electron chi connectivity index (χ2n) is 4.31. The summed E-state index contributed by atoms with van der Waals surface area (Å²) < 4.78 is 0. The van der Waals surface area contributed by atoms with Gasteiger partial charge >= 0.3 is 0 Å². The number of hydrogen-bond donors (Lipinski definition) is 2. The normalized spacial score (nSPS) is 10.0. The van der Waals surface area contributed by atoms with Crippen molar-refractivity contribution in [2.75, 3.05) is 24.3 Å². The molecule has 0 aliphatic carbocycles. The van der Waals surface area contributed by atoms with Crippen LogP contribution in [0.2, 0.25) is 0 Å². The Labute approximate surface area is 110 Å². The van der Waals surface area contributed by atoms with E-state index in [0.29, 0.717) is 5.56 Å². The largest absolute Gasteiger partial charge is 0.376 e. The average Bonchev–Trinajstić information content (AvgIpc) is 2.39. The molecule has 2 aromatic rings. The van der Waals surface area contributed by atoms with E-state index in [0.717, 1.165) is 11.4 Å². The number of amides is 1. The van der Waals surface area contributed by atoms with Gasteiger partial charge in [-0.2, -0.15) is 0 Å². The van der Waals surface area contributed by atoms with Crippen LogP contribution in [0.4, 0.5) is 11.4 Å². The quantitative estimate of drug-likeness (QED) is 0.879. The summed E-state index contributed by atoms with van der Waals surface area (Å²) in [4.78, 5) is 27.4. The predicted molar refractivity (Wildman–Crippen MR) is 75.8 cm³/mol. The molecule has 1 aromatic heterocycles. The number of aromatic amines is 1. The van der Waals surface area contributed by atoms with E-state index in [1.807, 2.05) is 43.3 Å². The first-order valence-corrected chi connectivity index (χ1v) is 5.84. The van der Waals surface area contributed by atoms with Gasteiger partial charge in [-0.25, -0.2) is 0 Å². The molecule has 0 unspecified atom stereocenters. The summed E-state index contributed by atoms with van der Waals surface area (Å²) in [6.07, 6.45) is 1.40. The first-order valence-electron chi connectivity index (χ1n) is 5.84. The first kappa shape index (κ1) is 12.9. The number of benzene rings is 1. The molecule has 1 heterocycles. The SMILES string of the molecule is CN(C)c1ccccc1NC(=O)c1ccc(=O)[nH]c1. The zero-order valence-corrected chi connectivity index (χ0v) is 10.8. The van der Waals surface area contributed by atoms with Crippen LogP contribution in [0.15, 0.2) is 47.4 Å². The van der Waals surface area contributed by atoms with Crippen LogP contribution in [-0.2, 0) is 0 Å². The highest BCUT2D eigenvalue weighted by molar-refractivity contribution is 6.05. The number of rotatable bonds is 3. The Morgan fingerprint density at radius 1 is 1.16 bits per heavy atom. The third-order valence-electron chi connectivity index (χ3n) is 2.68. The van der Waals surface area contributed by atoms with E-state index in [-0.39, 0.29) is 11.5 Å². The average molecular weight is 257 g/mol. The second kappa shape index (κ2) is 5.39. The third kappa shape index (κ3) is 3.01. The van der Waals surface area contributed by atoms with Gasteiger partial charge in [-0.1, -0.05) is 12.1 Å². The van der Waals surface area contributed by atoms with Gasteiger partial charge in [0, 0.05) is 26.4 Å². The molecule has 2 rings (SSSR count). The summed E-state index contributed by atoms with van der Waals surface area (Å²) >= 11 is 0. The Kier molecular flexibility index (Phi) is 3.66. The van der Waals surface area contributed by atoms with Gasteiger partial charge in [0.25, 0.3) is 5.91 Å². The maximum absolute atomic E-state index is 12.0. The van der Waals surface area contributed by atoms with Crippen molar-refractivity contribution in [2.45, 2.75) is 0 Å². The fraction of sp³-hybridized carbons (Fsp3) is 0.143. The number of nitrogens with zero attached hydrogens (tertiary/aromatic N) is 1. The lowest BCUT2D eigenvalue weighted by molar-refractivity contribution is 0.102. The molecular formula is C14H15N3O2. The fourth-order valence-electron chi connectivity index (χ4n) is 1.72. The number of hydrogen-bond acceptors (Lipinski definition) is 3. The Bertz CT molecular complexity index is 627. The summed E-state index contributed by atoms with van der Waals surface area (Å²) in [5, 5.41) is 2.82. The third-order valence-corrected chi connectivity index (χ3v) is 2.68. The molecule has 98 valence electrons. The molecule has 0 spiro atoms. The van der Waals surface area contributed by atoms with Crippen molar-refractivity contribution in [1.82, 2.24) is 4.98 Å². The van der Waals surface area contributed by atoms with E-state index in [2.05, 4.69) is 10.3 Å². The highest BCUT2D eigenvalue weighted by atomic mass is 16.1. The number of aromatic nitrogens is 1. The Morgan fingerprint density at radius 2 is 1.89 bits per heavy atom. The molecule has 0 saturated carbocycles. The molecule has 5 nitrogen and oxygen atoms in total. The van der Waals surface area contributed by atoms with Crippen molar-refractivity contribution in [1.29, 1.82) is 0 Å². The van der Waals surface area contributed by atoms with Gasteiger partial charge in [-0.15, -0.1) is 0 Å². The van der Waals surface area contributed by atoms with Crippen molar-refractivity contribution in [3.05, 3.63) is 58.5 Å². The van der Waals surface area contributed by atoms with E-state index in [1.165, 1.54) is 18.3 Å². The monoisotopic (exact) mass is 257 g/mol. The van der Waals surface area contributed by atoms with Crippen LogP contribution in [0.25, 0.3) is 0 Å². The minimum atomic E-state index is -0.259. The van der Waals surface area contributed by atoms with Crippen molar-refractivity contribution >= 4 is 17.3 Å². The van der Waals surface area contributed by atoms with E-state index >= 15 is 0 Å². The lowest BCUT2D eigenvalue weighted by Gasteiger charge is -2.17. The van der Waals surface area contributed by atoms with Crippen molar-refractivity contribution in [2.24, 2.45) is 0 Å². The van der Waals surface area contributed by atoms with Crippen LogP contribution in [0.1, 0.15) is 10.4 Å². The van der Waals surface area contributed by atoms with Crippen LogP contribution in [0, 0.1) is 0 Å². The molecule has 0 radical (unpaired) electrons. The molecular weight excluding hydrogens is 242 g/mol. The number of nitrogens with one attached hydrogen (secondary N) is 2. The number of carbonyl (C=O) groups is 1. The number of anilines is 2.